The molecular formula is C19H13ClF3NO4. The number of halogens is 4. The molecule has 3 rings (SSSR count). The second-order valence-electron chi connectivity index (χ2n) is 5.94. The van der Waals surface area contributed by atoms with Crippen molar-refractivity contribution in [2.75, 3.05) is 11.9 Å². The van der Waals surface area contributed by atoms with Crippen LogP contribution in [-0.4, -0.2) is 12.5 Å². The maximum absolute atomic E-state index is 12.8. The minimum Gasteiger partial charge on any atom is -0.484 e. The summed E-state index contributed by atoms with van der Waals surface area (Å²) in [5.41, 5.74) is -0.601. The molecule has 0 radical (unpaired) electrons. The van der Waals surface area contributed by atoms with Crippen molar-refractivity contribution in [2.45, 2.75) is 13.1 Å². The van der Waals surface area contributed by atoms with E-state index in [-0.39, 0.29) is 16.5 Å². The summed E-state index contributed by atoms with van der Waals surface area (Å²) in [5, 5.41) is 2.96. The van der Waals surface area contributed by atoms with Gasteiger partial charge in [-0.2, -0.15) is 13.2 Å². The molecule has 2 aromatic carbocycles. The van der Waals surface area contributed by atoms with Gasteiger partial charge in [-0.05, 0) is 42.8 Å². The van der Waals surface area contributed by atoms with E-state index in [1.54, 1.807) is 19.1 Å². The van der Waals surface area contributed by atoms with Crippen molar-refractivity contribution < 1.29 is 27.1 Å². The predicted molar refractivity (Wildman–Crippen MR) is 97.8 cm³/mol. The molecule has 0 saturated heterocycles. The Balaban J connectivity index is 1.71. The number of hydrogen-bond donors (Lipinski definition) is 1. The van der Waals surface area contributed by atoms with Crippen LogP contribution in [0.4, 0.5) is 18.9 Å². The van der Waals surface area contributed by atoms with Gasteiger partial charge in [0.15, 0.2) is 6.61 Å². The van der Waals surface area contributed by atoms with Crippen molar-refractivity contribution in [1.29, 1.82) is 0 Å². The normalized spacial score (nSPS) is 11.5. The summed E-state index contributed by atoms with van der Waals surface area (Å²) in [6, 6.07) is 8.68. The molecule has 0 saturated carbocycles. The van der Waals surface area contributed by atoms with Crippen LogP contribution in [0, 0.1) is 6.92 Å². The molecule has 0 fully saturated rings. The minimum absolute atomic E-state index is 0.0377. The van der Waals surface area contributed by atoms with Crippen LogP contribution in [0.2, 0.25) is 5.02 Å². The average molecular weight is 412 g/mol. The van der Waals surface area contributed by atoms with Crippen molar-refractivity contribution in [3.8, 4) is 5.75 Å². The first-order valence-corrected chi connectivity index (χ1v) is 8.35. The van der Waals surface area contributed by atoms with Crippen molar-refractivity contribution in [2.24, 2.45) is 0 Å². The van der Waals surface area contributed by atoms with Crippen LogP contribution in [-0.2, 0) is 11.0 Å². The van der Waals surface area contributed by atoms with Gasteiger partial charge in [0.2, 0.25) is 0 Å². The molecule has 1 amide bonds. The molecule has 0 spiro atoms. The number of rotatable bonds is 4. The first kappa shape index (κ1) is 19.8. The summed E-state index contributed by atoms with van der Waals surface area (Å²) >= 11 is 5.84. The summed E-state index contributed by atoms with van der Waals surface area (Å²) < 4.78 is 48.7. The first-order valence-electron chi connectivity index (χ1n) is 7.97. The quantitative estimate of drug-likeness (QED) is 0.627. The molecule has 28 heavy (non-hydrogen) atoms. The van der Waals surface area contributed by atoms with E-state index in [1.165, 1.54) is 12.1 Å². The van der Waals surface area contributed by atoms with Gasteiger partial charge in [-0.3, -0.25) is 4.79 Å². The van der Waals surface area contributed by atoms with E-state index in [0.29, 0.717) is 11.0 Å². The van der Waals surface area contributed by atoms with Gasteiger partial charge in [-0.15, -0.1) is 0 Å². The number of carbonyl (C=O) groups is 1. The predicted octanol–water partition coefficient (Wildman–Crippen LogP) is 4.79. The fourth-order valence-corrected chi connectivity index (χ4v) is 2.69. The van der Waals surface area contributed by atoms with Crippen LogP contribution in [0.25, 0.3) is 11.0 Å². The third-order valence-corrected chi connectivity index (χ3v) is 4.19. The highest BCUT2D eigenvalue weighted by Crippen LogP contribution is 2.33. The van der Waals surface area contributed by atoms with Crippen molar-refractivity contribution >= 4 is 34.2 Å². The van der Waals surface area contributed by atoms with E-state index >= 15 is 0 Å². The van der Waals surface area contributed by atoms with Crippen LogP contribution in [0.15, 0.2) is 51.7 Å². The zero-order valence-corrected chi connectivity index (χ0v) is 15.1. The number of fused-ring (bicyclic) bond motifs is 1. The van der Waals surface area contributed by atoms with Crippen molar-refractivity contribution in [3.05, 3.63) is 69.0 Å². The summed E-state index contributed by atoms with van der Waals surface area (Å²) in [4.78, 5) is 23.5. The molecule has 146 valence electrons. The summed E-state index contributed by atoms with van der Waals surface area (Å²) in [7, 11) is 0. The molecule has 0 aliphatic rings. The number of nitrogens with one attached hydrogen (secondary N) is 1. The van der Waals surface area contributed by atoms with Crippen LogP contribution < -0.4 is 15.7 Å². The number of carbonyl (C=O) groups excluding carboxylic acids is 1. The Morgan fingerprint density at radius 1 is 1.18 bits per heavy atom. The Labute approximate surface area is 161 Å². The number of anilines is 1. The monoisotopic (exact) mass is 411 g/mol. The molecule has 0 unspecified atom stereocenters. The van der Waals surface area contributed by atoms with Gasteiger partial charge in [-0.25, -0.2) is 4.79 Å². The number of ether oxygens (including phenoxy) is 1. The lowest BCUT2D eigenvalue weighted by molar-refractivity contribution is -0.137. The Morgan fingerprint density at radius 2 is 1.93 bits per heavy atom. The Bertz CT molecular complexity index is 1110. The van der Waals surface area contributed by atoms with Crippen molar-refractivity contribution in [3.63, 3.8) is 0 Å². The SMILES string of the molecule is Cc1cc(=O)oc2cc(OCC(=O)Nc3cc(C(F)(F)F)ccc3Cl)ccc12. The van der Waals surface area contributed by atoms with Gasteiger partial charge in [0.05, 0.1) is 16.3 Å². The molecule has 3 aromatic rings. The van der Waals surface area contributed by atoms with E-state index < -0.39 is 29.9 Å². The lowest BCUT2D eigenvalue weighted by atomic mass is 10.1. The topological polar surface area (TPSA) is 68.5 Å². The molecule has 1 N–H and O–H groups in total. The molecule has 5 nitrogen and oxygen atoms in total. The van der Waals surface area contributed by atoms with E-state index in [1.807, 2.05) is 0 Å². The highest BCUT2D eigenvalue weighted by atomic mass is 35.5. The maximum atomic E-state index is 12.8. The summed E-state index contributed by atoms with van der Waals surface area (Å²) in [5.74, 6) is -0.446. The van der Waals surface area contributed by atoms with Gasteiger partial charge < -0.3 is 14.5 Å². The molecular weight excluding hydrogens is 399 g/mol. The number of hydrogen-bond acceptors (Lipinski definition) is 4. The summed E-state index contributed by atoms with van der Waals surface area (Å²) in [6.07, 6.45) is -4.56. The summed E-state index contributed by atoms with van der Waals surface area (Å²) in [6.45, 7) is 1.28. The number of alkyl halides is 3. The van der Waals surface area contributed by atoms with Crippen molar-refractivity contribution in [1.82, 2.24) is 0 Å². The molecule has 0 aliphatic heterocycles. The first-order chi connectivity index (χ1) is 13.1. The molecule has 0 bridgehead atoms. The Hall–Kier alpha value is -3.00. The standard InChI is InChI=1S/C19H13ClF3NO4/c1-10-6-18(26)28-16-8-12(3-4-13(10)16)27-9-17(25)24-15-7-11(19(21,22)23)2-5-14(15)20/h2-8H,9H2,1H3,(H,24,25). The molecule has 1 aromatic heterocycles. The van der Waals surface area contributed by atoms with Gasteiger partial charge >= 0.3 is 11.8 Å². The highest BCUT2D eigenvalue weighted by Gasteiger charge is 2.31. The van der Waals surface area contributed by atoms with E-state index in [2.05, 4.69) is 5.32 Å². The molecule has 1 heterocycles. The van der Waals surface area contributed by atoms with E-state index in [4.69, 9.17) is 20.8 Å². The molecule has 0 atom stereocenters. The second-order valence-corrected chi connectivity index (χ2v) is 6.34. The lowest BCUT2D eigenvalue weighted by Gasteiger charge is -2.12. The van der Waals surface area contributed by atoms with Gasteiger partial charge in [-0.1, -0.05) is 11.6 Å². The van der Waals surface area contributed by atoms with Crippen LogP contribution in [0.1, 0.15) is 11.1 Å². The highest BCUT2D eigenvalue weighted by molar-refractivity contribution is 6.33. The fraction of sp³-hybridized carbons (Fsp3) is 0.158. The smallest absolute Gasteiger partial charge is 0.416 e. The third kappa shape index (κ3) is 4.45. The van der Waals surface area contributed by atoms with E-state index in [0.717, 1.165) is 23.8 Å². The van der Waals surface area contributed by atoms with Crippen LogP contribution in [0.5, 0.6) is 5.75 Å². The fourth-order valence-electron chi connectivity index (χ4n) is 2.53. The Morgan fingerprint density at radius 3 is 2.64 bits per heavy atom. The maximum Gasteiger partial charge on any atom is 0.416 e. The third-order valence-electron chi connectivity index (χ3n) is 3.86. The van der Waals surface area contributed by atoms with Gasteiger partial charge in [0, 0.05) is 17.5 Å². The van der Waals surface area contributed by atoms with Crippen LogP contribution in [0.3, 0.4) is 0 Å². The van der Waals surface area contributed by atoms with Crippen LogP contribution >= 0.6 is 11.6 Å². The molecule has 9 heteroatoms. The largest absolute Gasteiger partial charge is 0.484 e. The zero-order chi connectivity index (χ0) is 20.5. The minimum atomic E-state index is -4.56. The second kappa shape index (κ2) is 7.55. The number of aryl methyl sites for hydroxylation is 1. The number of amides is 1. The van der Waals surface area contributed by atoms with Gasteiger partial charge in [0.25, 0.3) is 5.91 Å². The molecule has 0 aliphatic carbocycles. The zero-order valence-electron chi connectivity index (χ0n) is 14.4. The number of benzene rings is 2. The van der Waals surface area contributed by atoms with Gasteiger partial charge in [0.1, 0.15) is 11.3 Å². The van der Waals surface area contributed by atoms with E-state index in [9.17, 15) is 22.8 Å². The average Bonchev–Trinajstić information content (AvgIpc) is 2.60. The Kier molecular flexibility index (Phi) is 5.33. The lowest BCUT2D eigenvalue weighted by Crippen LogP contribution is -2.20.